The SMILES string of the molecule is CN(C)C/C=C/C(=O)NCC1CC(c2ccc(Cl)cc2)C1. The van der Waals surface area contributed by atoms with Crippen molar-refractivity contribution in [2.75, 3.05) is 27.2 Å². The van der Waals surface area contributed by atoms with Gasteiger partial charge in [-0.3, -0.25) is 4.79 Å². The highest BCUT2D eigenvalue weighted by atomic mass is 35.5. The number of nitrogens with one attached hydrogen (secondary N) is 1. The van der Waals surface area contributed by atoms with E-state index < -0.39 is 0 Å². The summed E-state index contributed by atoms with van der Waals surface area (Å²) >= 11 is 5.90. The van der Waals surface area contributed by atoms with Crippen LogP contribution in [0.2, 0.25) is 5.02 Å². The van der Waals surface area contributed by atoms with Crippen LogP contribution in [0.15, 0.2) is 36.4 Å². The molecule has 0 spiro atoms. The number of nitrogens with zero attached hydrogens (tertiary/aromatic N) is 1. The standard InChI is InChI=1S/C17H23ClN2O/c1-20(2)9-3-4-17(21)19-12-13-10-15(11-13)14-5-7-16(18)8-6-14/h3-8,13,15H,9-12H2,1-2H3,(H,19,21)/b4-3+. The molecule has 0 aromatic heterocycles. The van der Waals surface area contributed by atoms with E-state index in [2.05, 4.69) is 17.4 Å². The Morgan fingerprint density at radius 2 is 2.00 bits per heavy atom. The highest BCUT2D eigenvalue weighted by Gasteiger charge is 2.30. The summed E-state index contributed by atoms with van der Waals surface area (Å²) < 4.78 is 0. The van der Waals surface area contributed by atoms with Gasteiger partial charge in [-0.25, -0.2) is 0 Å². The molecule has 1 aromatic rings. The first-order valence-corrected chi connectivity index (χ1v) is 7.77. The van der Waals surface area contributed by atoms with Crippen molar-refractivity contribution < 1.29 is 4.79 Å². The molecular formula is C17H23ClN2O. The van der Waals surface area contributed by atoms with Gasteiger partial charge < -0.3 is 10.2 Å². The molecule has 114 valence electrons. The highest BCUT2D eigenvalue weighted by molar-refractivity contribution is 6.30. The Hall–Kier alpha value is -1.32. The van der Waals surface area contributed by atoms with Gasteiger partial charge in [0.25, 0.3) is 0 Å². The van der Waals surface area contributed by atoms with Gasteiger partial charge in [0.15, 0.2) is 0 Å². The first kappa shape index (κ1) is 16.1. The van der Waals surface area contributed by atoms with Crippen LogP contribution in [0, 0.1) is 5.92 Å². The van der Waals surface area contributed by atoms with Crippen molar-refractivity contribution in [3.8, 4) is 0 Å². The molecule has 0 bridgehead atoms. The summed E-state index contributed by atoms with van der Waals surface area (Å²) in [5.74, 6) is 1.22. The molecule has 0 unspecified atom stereocenters. The van der Waals surface area contributed by atoms with Crippen LogP contribution in [0.4, 0.5) is 0 Å². The molecule has 0 saturated heterocycles. The van der Waals surface area contributed by atoms with E-state index in [1.807, 2.05) is 37.2 Å². The quantitative estimate of drug-likeness (QED) is 0.819. The van der Waals surface area contributed by atoms with Crippen molar-refractivity contribution in [3.05, 3.63) is 47.0 Å². The van der Waals surface area contributed by atoms with Crippen molar-refractivity contribution in [2.45, 2.75) is 18.8 Å². The van der Waals surface area contributed by atoms with Crippen LogP contribution in [0.5, 0.6) is 0 Å². The molecule has 21 heavy (non-hydrogen) atoms. The zero-order valence-electron chi connectivity index (χ0n) is 12.7. The molecule has 1 amide bonds. The number of carbonyl (C=O) groups is 1. The second-order valence-electron chi connectivity index (χ2n) is 6.00. The average molecular weight is 307 g/mol. The molecular weight excluding hydrogens is 284 g/mol. The lowest BCUT2D eigenvalue weighted by Crippen LogP contribution is -2.34. The minimum atomic E-state index is 0.00629. The van der Waals surface area contributed by atoms with Crippen molar-refractivity contribution in [1.29, 1.82) is 0 Å². The third-order valence-electron chi connectivity index (χ3n) is 3.88. The predicted octanol–water partition coefficient (Wildman–Crippen LogP) is 3.07. The largest absolute Gasteiger partial charge is 0.352 e. The fourth-order valence-electron chi connectivity index (χ4n) is 2.58. The molecule has 0 aliphatic heterocycles. The molecule has 0 heterocycles. The third-order valence-corrected chi connectivity index (χ3v) is 4.13. The summed E-state index contributed by atoms with van der Waals surface area (Å²) in [6.45, 7) is 1.56. The van der Waals surface area contributed by atoms with Gasteiger partial charge >= 0.3 is 0 Å². The van der Waals surface area contributed by atoms with Crippen LogP contribution in [0.1, 0.15) is 24.3 Å². The topological polar surface area (TPSA) is 32.3 Å². The fourth-order valence-corrected chi connectivity index (χ4v) is 2.71. The maximum atomic E-state index is 11.6. The molecule has 0 radical (unpaired) electrons. The van der Waals surface area contributed by atoms with E-state index in [0.717, 1.165) is 31.0 Å². The van der Waals surface area contributed by atoms with Gasteiger partial charge in [-0.05, 0) is 56.5 Å². The molecule has 1 saturated carbocycles. The Balaban J connectivity index is 1.65. The summed E-state index contributed by atoms with van der Waals surface area (Å²) in [4.78, 5) is 13.6. The number of amides is 1. The molecule has 4 heteroatoms. The van der Waals surface area contributed by atoms with Crippen molar-refractivity contribution in [3.63, 3.8) is 0 Å². The number of carbonyl (C=O) groups excluding carboxylic acids is 1. The predicted molar refractivity (Wildman–Crippen MR) is 87.6 cm³/mol. The van der Waals surface area contributed by atoms with Crippen LogP contribution in [-0.2, 0) is 4.79 Å². The second kappa shape index (κ2) is 7.62. The van der Waals surface area contributed by atoms with Gasteiger partial charge in [0.1, 0.15) is 0 Å². The van der Waals surface area contributed by atoms with Crippen molar-refractivity contribution >= 4 is 17.5 Å². The first-order valence-electron chi connectivity index (χ1n) is 7.39. The number of likely N-dealkylation sites (N-methyl/N-ethyl adjacent to an activating group) is 1. The summed E-state index contributed by atoms with van der Waals surface area (Å²) in [6, 6.07) is 8.10. The van der Waals surface area contributed by atoms with Gasteiger partial charge in [0, 0.05) is 24.2 Å². The molecule has 1 fully saturated rings. The van der Waals surface area contributed by atoms with Gasteiger partial charge in [0.05, 0.1) is 0 Å². The lowest BCUT2D eigenvalue weighted by atomic mass is 9.71. The molecule has 0 atom stereocenters. The van der Waals surface area contributed by atoms with E-state index in [4.69, 9.17) is 11.6 Å². The maximum absolute atomic E-state index is 11.6. The molecule has 1 aromatic carbocycles. The molecule has 2 rings (SSSR count). The minimum absolute atomic E-state index is 0.00629. The van der Waals surface area contributed by atoms with E-state index in [-0.39, 0.29) is 5.91 Å². The van der Waals surface area contributed by atoms with Gasteiger partial charge in [-0.2, -0.15) is 0 Å². The number of hydrogen-bond donors (Lipinski definition) is 1. The Morgan fingerprint density at radius 1 is 1.33 bits per heavy atom. The number of benzene rings is 1. The van der Waals surface area contributed by atoms with E-state index in [9.17, 15) is 4.79 Å². The van der Waals surface area contributed by atoms with E-state index in [1.54, 1.807) is 6.08 Å². The van der Waals surface area contributed by atoms with E-state index in [1.165, 1.54) is 5.56 Å². The second-order valence-corrected chi connectivity index (χ2v) is 6.43. The summed E-state index contributed by atoms with van der Waals surface area (Å²) in [5, 5.41) is 3.76. The Morgan fingerprint density at radius 3 is 2.62 bits per heavy atom. The summed E-state index contributed by atoms with van der Waals surface area (Å²) in [6.07, 6.45) is 5.79. The monoisotopic (exact) mass is 306 g/mol. The normalized spacial score (nSPS) is 21.5. The molecule has 1 aliphatic carbocycles. The highest BCUT2D eigenvalue weighted by Crippen LogP contribution is 2.41. The summed E-state index contributed by atoms with van der Waals surface area (Å²) in [5.41, 5.74) is 1.35. The van der Waals surface area contributed by atoms with Gasteiger partial charge in [0.2, 0.25) is 5.91 Å². The first-order chi connectivity index (χ1) is 10.0. The smallest absolute Gasteiger partial charge is 0.243 e. The zero-order valence-corrected chi connectivity index (χ0v) is 13.4. The number of rotatable bonds is 6. The van der Waals surface area contributed by atoms with Gasteiger partial charge in [-0.15, -0.1) is 0 Å². The zero-order chi connectivity index (χ0) is 15.2. The fraction of sp³-hybridized carbons (Fsp3) is 0.471. The van der Waals surface area contributed by atoms with E-state index >= 15 is 0 Å². The average Bonchev–Trinajstić information content (AvgIpc) is 2.38. The van der Waals surface area contributed by atoms with Crippen LogP contribution in [-0.4, -0.2) is 38.0 Å². The maximum Gasteiger partial charge on any atom is 0.243 e. The van der Waals surface area contributed by atoms with E-state index in [0.29, 0.717) is 11.8 Å². The number of halogens is 1. The van der Waals surface area contributed by atoms with Crippen LogP contribution in [0.25, 0.3) is 0 Å². The lowest BCUT2D eigenvalue weighted by molar-refractivity contribution is -0.116. The lowest BCUT2D eigenvalue weighted by Gasteiger charge is -2.35. The third kappa shape index (κ3) is 5.18. The molecule has 1 aliphatic rings. The molecule has 1 N–H and O–H groups in total. The summed E-state index contributed by atoms with van der Waals surface area (Å²) in [7, 11) is 3.96. The van der Waals surface area contributed by atoms with Crippen LogP contribution in [0.3, 0.4) is 0 Å². The van der Waals surface area contributed by atoms with Crippen LogP contribution < -0.4 is 5.32 Å². The number of hydrogen-bond acceptors (Lipinski definition) is 2. The van der Waals surface area contributed by atoms with Crippen LogP contribution >= 0.6 is 11.6 Å². The Bertz CT molecular complexity index is 490. The Labute approximate surface area is 132 Å². The van der Waals surface area contributed by atoms with Crippen molar-refractivity contribution in [2.24, 2.45) is 5.92 Å². The van der Waals surface area contributed by atoms with Crippen molar-refractivity contribution in [1.82, 2.24) is 10.2 Å². The molecule has 3 nitrogen and oxygen atoms in total. The minimum Gasteiger partial charge on any atom is -0.352 e. The van der Waals surface area contributed by atoms with Gasteiger partial charge in [-0.1, -0.05) is 29.8 Å². The Kier molecular flexibility index (Phi) is 5.83.